The van der Waals surface area contributed by atoms with E-state index in [1.165, 1.54) is 205 Å². The SMILES string of the molecule is CCC(C)CCCCCCCCCCCCCCCCCCCCC(=O)OC[C@H](COP(=O)(O)OCC(O)COP(=O)(O)OC[C@@H](COC(=O)CCCCCCCCCC(C)C)OC(=O)CCCCCCCCC(C)C)OC(=O)CCCCCCCCCCCCCCCCCC(C)C. The molecule has 0 rings (SSSR count). The molecule has 0 aliphatic rings. The number of aliphatic hydroxyl groups excluding tert-OH is 1. The zero-order chi connectivity index (χ0) is 73.1. The van der Waals surface area contributed by atoms with Gasteiger partial charge in [-0.05, 0) is 49.4 Å². The van der Waals surface area contributed by atoms with Gasteiger partial charge in [-0.2, -0.15) is 0 Å². The van der Waals surface area contributed by atoms with E-state index in [-0.39, 0.29) is 25.7 Å². The molecule has 99 heavy (non-hydrogen) atoms. The lowest BCUT2D eigenvalue weighted by Gasteiger charge is -2.21. The monoisotopic (exact) mass is 1450 g/mol. The molecule has 588 valence electrons. The van der Waals surface area contributed by atoms with Gasteiger partial charge >= 0.3 is 39.5 Å². The van der Waals surface area contributed by atoms with Gasteiger partial charge in [0.2, 0.25) is 0 Å². The lowest BCUT2D eigenvalue weighted by molar-refractivity contribution is -0.161. The minimum atomic E-state index is -4.96. The molecule has 19 heteroatoms. The Morgan fingerprint density at radius 3 is 0.717 bits per heavy atom. The highest BCUT2D eigenvalue weighted by molar-refractivity contribution is 7.47. The predicted molar refractivity (Wildman–Crippen MR) is 404 cm³/mol. The van der Waals surface area contributed by atoms with E-state index in [9.17, 15) is 43.2 Å². The van der Waals surface area contributed by atoms with Crippen molar-refractivity contribution >= 4 is 39.5 Å². The summed E-state index contributed by atoms with van der Waals surface area (Å²) >= 11 is 0. The molecular weight excluding hydrogens is 1290 g/mol. The summed E-state index contributed by atoms with van der Waals surface area (Å²) in [7, 11) is -9.91. The molecule has 0 heterocycles. The topological polar surface area (TPSA) is 237 Å². The largest absolute Gasteiger partial charge is 0.472 e. The van der Waals surface area contributed by atoms with Gasteiger partial charge in [-0.25, -0.2) is 9.13 Å². The highest BCUT2D eigenvalue weighted by Crippen LogP contribution is 2.45. The number of carbonyl (C=O) groups is 4. The first-order valence-electron chi connectivity index (χ1n) is 41.2. The second-order valence-corrected chi connectivity index (χ2v) is 33.4. The molecular formula is C80H156O17P2. The number of esters is 4. The predicted octanol–water partition coefficient (Wildman–Crippen LogP) is 23.6. The molecule has 17 nitrogen and oxygen atoms in total. The minimum Gasteiger partial charge on any atom is -0.462 e. The van der Waals surface area contributed by atoms with E-state index in [1.807, 2.05) is 0 Å². The van der Waals surface area contributed by atoms with Crippen LogP contribution in [-0.2, 0) is 65.4 Å². The van der Waals surface area contributed by atoms with Crippen LogP contribution in [0.3, 0.4) is 0 Å². The molecule has 0 saturated heterocycles. The maximum absolute atomic E-state index is 13.1. The Morgan fingerprint density at radius 1 is 0.283 bits per heavy atom. The van der Waals surface area contributed by atoms with Crippen LogP contribution >= 0.6 is 15.6 Å². The van der Waals surface area contributed by atoms with Gasteiger partial charge in [0.25, 0.3) is 0 Å². The van der Waals surface area contributed by atoms with Crippen molar-refractivity contribution in [2.24, 2.45) is 23.7 Å². The quantitative estimate of drug-likeness (QED) is 0.0222. The Balaban J connectivity index is 5.17. The second kappa shape index (κ2) is 69.1. The summed E-state index contributed by atoms with van der Waals surface area (Å²) in [6.07, 6.45) is 55.9. The summed E-state index contributed by atoms with van der Waals surface area (Å²) in [5.74, 6) is 0.928. The van der Waals surface area contributed by atoms with E-state index in [0.717, 1.165) is 108 Å². The Hall–Kier alpha value is -1.94. The van der Waals surface area contributed by atoms with Crippen molar-refractivity contribution < 1.29 is 80.2 Å². The zero-order valence-corrected chi connectivity index (χ0v) is 66.9. The molecule has 0 aromatic heterocycles. The Labute approximate surface area is 607 Å². The van der Waals surface area contributed by atoms with E-state index in [2.05, 4.69) is 55.4 Å². The van der Waals surface area contributed by atoms with Crippen molar-refractivity contribution in [1.29, 1.82) is 0 Å². The van der Waals surface area contributed by atoms with Gasteiger partial charge in [0.05, 0.1) is 26.4 Å². The maximum atomic E-state index is 13.1. The number of phosphoric ester groups is 2. The first-order chi connectivity index (χ1) is 47.6. The van der Waals surface area contributed by atoms with Crippen LogP contribution in [0.25, 0.3) is 0 Å². The number of carbonyl (C=O) groups excluding carboxylic acids is 4. The van der Waals surface area contributed by atoms with Crippen molar-refractivity contribution in [3.8, 4) is 0 Å². The van der Waals surface area contributed by atoms with Crippen LogP contribution in [0.5, 0.6) is 0 Å². The van der Waals surface area contributed by atoms with Gasteiger partial charge in [-0.3, -0.25) is 37.3 Å². The summed E-state index contributed by atoms with van der Waals surface area (Å²) in [5, 5.41) is 10.6. The average molecular weight is 1450 g/mol. The smallest absolute Gasteiger partial charge is 0.462 e. The van der Waals surface area contributed by atoms with Gasteiger partial charge < -0.3 is 33.8 Å². The number of aliphatic hydroxyl groups is 1. The van der Waals surface area contributed by atoms with Gasteiger partial charge in [0.15, 0.2) is 12.2 Å². The van der Waals surface area contributed by atoms with Crippen molar-refractivity contribution in [1.82, 2.24) is 0 Å². The fourth-order valence-corrected chi connectivity index (χ4v) is 13.8. The summed E-state index contributed by atoms with van der Waals surface area (Å²) in [6, 6.07) is 0. The van der Waals surface area contributed by atoms with E-state index < -0.39 is 97.5 Å². The fourth-order valence-electron chi connectivity index (χ4n) is 12.2. The van der Waals surface area contributed by atoms with Crippen LogP contribution in [0.15, 0.2) is 0 Å². The fraction of sp³-hybridized carbons (Fsp3) is 0.950. The lowest BCUT2D eigenvalue weighted by Crippen LogP contribution is -2.30. The molecule has 0 radical (unpaired) electrons. The highest BCUT2D eigenvalue weighted by Gasteiger charge is 2.30. The molecule has 0 saturated carbocycles. The maximum Gasteiger partial charge on any atom is 0.472 e. The number of rotatable bonds is 77. The zero-order valence-electron chi connectivity index (χ0n) is 65.1. The molecule has 0 fully saturated rings. The number of ether oxygens (including phenoxy) is 4. The van der Waals surface area contributed by atoms with Crippen LogP contribution in [0, 0.1) is 23.7 Å². The molecule has 0 aliphatic heterocycles. The Morgan fingerprint density at radius 2 is 0.485 bits per heavy atom. The normalized spacial score (nSPS) is 14.3. The molecule has 4 unspecified atom stereocenters. The molecule has 3 N–H and O–H groups in total. The van der Waals surface area contributed by atoms with Crippen LogP contribution < -0.4 is 0 Å². The number of hydrogen-bond acceptors (Lipinski definition) is 15. The van der Waals surface area contributed by atoms with Gasteiger partial charge in [-0.1, -0.05) is 357 Å². The van der Waals surface area contributed by atoms with Crippen molar-refractivity contribution in [2.75, 3.05) is 39.6 Å². The molecule has 0 amide bonds. The third-order valence-corrected chi connectivity index (χ3v) is 20.8. The molecule has 0 aromatic carbocycles. The van der Waals surface area contributed by atoms with Crippen LogP contribution in [0.1, 0.15) is 409 Å². The van der Waals surface area contributed by atoms with Crippen LogP contribution in [0.4, 0.5) is 0 Å². The van der Waals surface area contributed by atoms with Gasteiger partial charge in [0, 0.05) is 25.7 Å². The third-order valence-electron chi connectivity index (χ3n) is 18.9. The molecule has 0 aromatic rings. The first kappa shape index (κ1) is 97.1. The second-order valence-electron chi connectivity index (χ2n) is 30.5. The van der Waals surface area contributed by atoms with E-state index in [1.54, 1.807) is 0 Å². The average Bonchev–Trinajstić information content (AvgIpc) is 0.959. The number of hydrogen-bond donors (Lipinski definition) is 3. The van der Waals surface area contributed by atoms with Crippen molar-refractivity contribution in [3.63, 3.8) is 0 Å². The van der Waals surface area contributed by atoms with Gasteiger partial charge in [0.1, 0.15) is 19.3 Å². The van der Waals surface area contributed by atoms with E-state index >= 15 is 0 Å². The highest BCUT2D eigenvalue weighted by atomic mass is 31.2. The lowest BCUT2D eigenvalue weighted by atomic mass is 9.99. The Bertz CT molecular complexity index is 1940. The van der Waals surface area contributed by atoms with Gasteiger partial charge in [-0.15, -0.1) is 0 Å². The first-order valence-corrected chi connectivity index (χ1v) is 44.2. The molecule has 0 spiro atoms. The Kier molecular flexibility index (Phi) is 67.8. The minimum absolute atomic E-state index is 0.101. The molecule has 6 atom stereocenters. The van der Waals surface area contributed by atoms with E-state index in [4.69, 9.17) is 37.0 Å². The van der Waals surface area contributed by atoms with Crippen LogP contribution in [-0.4, -0.2) is 96.7 Å². The molecule has 0 aliphatic carbocycles. The summed E-state index contributed by atoms with van der Waals surface area (Å²) < 4.78 is 68.5. The van der Waals surface area contributed by atoms with Crippen molar-refractivity contribution in [2.45, 2.75) is 427 Å². The standard InChI is InChI=1S/C80H156O17P2/c1-9-73(8)59-51-43-34-28-24-20-16-12-10-11-13-17-21-25-29-35-44-52-60-77(82)90-66-75(96-79(84)62-54-46-36-30-26-22-18-14-15-19-23-27-32-40-48-56-70(2)3)68-94-98(86,87)92-64-74(81)65-93-99(88,89)95-69-76(97-80(85)63-55-47-39-38-42-50-58-72(6)7)67-91-78(83)61-53-45-37-31-33-41-49-57-71(4)5/h70-76,81H,9-69H2,1-8H3,(H,86,87)(H,88,89)/t73?,74?,75-,76-/m1/s1. The van der Waals surface area contributed by atoms with E-state index in [0.29, 0.717) is 37.5 Å². The van der Waals surface area contributed by atoms with Crippen molar-refractivity contribution in [3.05, 3.63) is 0 Å². The number of phosphoric acid groups is 2. The number of unbranched alkanes of at least 4 members (excludes halogenated alkanes) is 42. The summed E-state index contributed by atoms with van der Waals surface area (Å²) in [4.78, 5) is 72.8. The summed E-state index contributed by atoms with van der Waals surface area (Å²) in [5.41, 5.74) is 0. The summed E-state index contributed by atoms with van der Waals surface area (Å²) in [6.45, 7) is 14.2. The third kappa shape index (κ3) is 72.8. The molecule has 0 bridgehead atoms. The van der Waals surface area contributed by atoms with Crippen LogP contribution in [0.2, 0.25) is 0 Å².